The normalized spacial score (nSPS) is 39.9. The third-order valence-corrected chi connectivity index (χ3v) is 4.09. The summed E-state index contributed by atoms with van der Waals surface area (Å²) < 4.78 is 36.2. The molecule has 0 bridgehead atoms. The zero-order valence-corrected chi connectivity index (χ0v) is 10.6. The minimum absolute atomic E-state index is 0.843. The van der Waals surface area contributed by atoms with Gasteiger partial charge in [-0.3, -0.25) is 9.35 Å². The van der Waals surface area contributed by atoms with Gasteiger partial charge in [-0.15, -0.1) is 0 Å². The van der Waals surface area contributed by atoms with Crippen LogP contribution in [-0.4, -0.2) is 75.4 Å². The van der Waals surface area contributed by atoms with Crippen LogP contribution in [0.5, 0.6) is 0 Å². The van der Waals surface area contributed by atoms with Crippen LogP contribution in [0.2, 0.25) is 0 Å². The lowest BCUT2D eigenvalue weighted by Gasteiger charge is -2.46. The molecule has 19 heavy (non-hydrogen) atoms. The quantitative estimate of drug-likeness (QED) is 0.285. The highest BCUT2D eigenvalue weighted by Crippen LogP contribution is 2.33. The Labute approximate surface area is 108 Å². The average Bonchev–Trinajstić information content (AvgIpc) is 2.27. The highest BCUT2D eigenvalue weighted by atomic mass is 32.2. The summed E-state index contributed by atoms with van der Waals surface area (Å²) in [5.74, 6) is -0.843. The fourth-order valence-corrected chi connectivity index (χ4v) is 2.79. The van der Waals surface area contributed by atoms with E-state index in [0.717, 1.165) is 6.92 Å². The lowest BCUT2D eigenvalue weighted by molar-refractivity contribution is -0.266. The first-order valence-corrected chi connectivity index (χ1v) is 6.58. The fourth-order valence-electron chi connectivity index (χ4n) is 1.84. The first-order valence-electron chi connectivity index (χ1n) is 5.14. The summed E-state index contributed by atoms with van der Waals surface area (Å²) in [5, 5.41) is 40.0. The van der Waals surface area contributed by atoms with E-state index in [2.05, 4.69) is 4.74 Å². The molecule has 0 aromatic rings. The van der Waals surface area contributed by atoms with Crippen molar-refractivity contribution in [3.05, 3.63) is 0 Å². The molecule has 1 rings (SSSR count). The second-order valence-electron chi connectivity index (χ2n) is 4.10. The van der Waals surface area contributed by atoms with Gasteiger partial charge in [0.2, 0.25) is 10.8 Å². The van der Waals surface area contributed by atoms with Gasteiger partial charge in [0.15, 0.2) is 6.29 Å². The highest BCUT2D eigenvalue weighted by molar-refractivity contribution is 7.87. The molecule has 6 N–H and O–H groups in total. The van der Waals surface area contributed by atoms with Gasteiger partial charge in [-0.05, 0) is 0 Å². The number of hydrogen-bond acceptors (Lipinski definition) is 8. The molecule has 1 saturated heterocycles. The largest absolute Gasteiger partial charge is 0.394 e. The maximum atomic E-state index is 11.3. The standard InChI is InChI=1S/C8H15NO9S/c1-3(11)9-5-7(13)18-4(2-10)6(12)8(5,14)19(15,16)17/h4-7,10,12-14H,2H2,1H3,(H,9,11)(H,15,16,17)/t4-,5-,6+,7?,8-/m1/s1. The number of aliphatic hydroxyl groups excluding tert-OH is 3. The van der Waals surface area contributed by atoms with Crippen LogP contribution in [0.4, 0.5) is 0 Å². The predicted molar refractivity (Wildman–Crippen MR) is 58.1 cm³/mol. The van der Waals surface area contributed by atoms with Gasteiger partial charge < -0.3 is 30.5 Å². The number of carbonyl (C=O) groups excluding carboxylic acids is 1. The second-order valence-corrected chi connectivity index (χ2v) is 5.70. The molecule has 0 spiro atoms. The van der Waals surface area contributed by atoms with Crippen molar-refractivity contribution in [3.63, 3.8) is 0 Å². The Hall–Kier alpha value is -0.820. The SMILES string of the molecule is CC(=O)N[C@@H]1C(O)O[C@H](CO)[C@H](O)[C@]1(O)S(=O)(=O)O. The van der Waals surface area contributed by atoms with Crippen LogP contribution in [0.25, 0.3) is 0 Å². The molecule has 1 fully saturated rings. The van der Waals surface area contributed by atoms with E-state index < -0.39 is 52.1 Å². The molecule has 1 aliphatic rings. The monoisotopic (exact) mass is 301 g/mol. The Morgan fingerprint density at radius 1 is 1.42 bits per heavy atom. The molecule has 1 aliphatic heterocycles. The van der Waals surface area contributed by atoms with Crippen molar-refractivity contribution in [2.45, 2.75) is 36.4 Å². The van der Waals surface area contributed by atoms with Gasteiger partial charge in [0.1, 0.15) is 18.2 Å². The molecule has 0 aliphatic carbocycles. The molecular formula is C8H15NO9S. The molecule has 0 aromatic carbocycles. The number of hydrogen-bond donors (Lipinski definition) is 6. The number of carbonyl (C=O) groups is 1. The van der Waals surface area contributed by atoms with Crippen molar-refractivity contribution in [1.82, 2.24) is 5.32 Å². The minimum Gasteiger partial charge on any atom is -0.394 e. The molecule has 0 radical (unpaired) electrons. The summed E-state index contributed by atoms with van der Waals surface area (Å²) in [5.41, 5.74) is 0. The third-order valence-electron chi connectivity index (χ3n) is 2.77. The zero-order chi connectivity index (χ0) is 15.0. The molecule has 112 valence electrons. The molecule has 1 heterocycles. The minimum atomic E-state index is -5.31. The number of aliphatic hydroxyl groups is 4. The number of rotatable bonds is 3. The van der Waals surface area contributed by atoms with Gasteiger partial charge in [-0.1, -0.05) is 0 Å². The summed E-state index contributed by atoms with van der Waals surface area (Å²) >= 11 is 0. The van der Waals surface area contributed by atoms with Gasteiger partial charge in [0.25, 0.3) is 10.1 Å². The van der Waals surface area contributed by atoms with Gasteiger partial charge in [-0.2, -0.15) is 8.42 Å². The number of amides is 1. The van der Waals surface area contributed by atoms with Crippen molar-refractivity contribution in [1.29, 1.82) is 0 Å². The van der Waals surface area contributed by atoms with Gasteiger partial charge in [0.05, 0.1) is 6.61 Å². The Bertz CT molecular complexity index is 451. The van der Waals surface area contributed by atoms with E-state index in [-0.39, 0.29) is 0 Å². The summed E-state index contributed by atoms with van der Waals surface area (Å²) in [6.45, 7) is 0.0322. The number of nitrogens with one attached hydrogen (secondary N) is 1. The van der Waals surface area contributed by atoms with E-state index in [4.69, 9.17) is 9.66 Å². The van der Waals surface area contributed by atoms with Gasteiger partial charge in [-0.25, -0.2) is 0 Å². The molecule has 5 atom stereocenters. The first-order chi connectivity index (χ1) is 8.55. The summed E-state index contributed by atoms with van der Waals surface area (Å²) in [4.78, 5) is 7.62. The van der Waals surface area contributed by atoms with Crippen molar-refractivity contribution in [2.24, 2.45) is 0 Å². The van der Waals surface area contributed by atoms with Crippen molar-refractivity contribution >= 4 is 16.0 Å². The Balaban J connectivity index is 3.31. The molecular weight excluding hydrogens is 286 g/mol. The Morgan fingerprint density at radius 2 is 1.95 bits per heavy atom. The highest BCUT2D eigenvalue weighted by Gasteiger charge is 2.63. The van der Waals surface area contributed by atoms with Crippen LogP contribution in [-0.2, 0) is 19.6 Å². The van der Waals surface area contributed by atoms with Crippen LogP contribution in [0.3, 0.4) is 0 Å². The molecule has 1 unspecified atom stereocenters. The van der Waals surface area contributed by atoms with Crippen LogP contribution in [0.1, 0.15) is 6.92 Å². The molecule has 11 heteroatoms. The van der Waals surface area contributed by atoms with Crippen molar-refractivity contribution < 1.29 is 42.9 Å². The van der Waals surface area contributed by atoms with Crippen LogP contribution in [0.15, 0.2) is 0 Å². The second kappa shape index (κ2) is 5.28. The lowest BCUT2D eigenvalue weighted by atomic mass is 9.96. The van der Waals surface area contributed by atoms with Crippen LogP contribution in [0, 0.1) is 0 Å². The molecule has 10 nitrogen and oxygen atoms in total. The topological polar surface area (TPSA) is 174 Å². The van der Waals surface area contributed by atoms with Gasteiger partial charge in [0, 0.05) is 6.92 Å². The molecule has 0 saturated carbocycles. The summed E-state index contributed by atoms with van der Waals surface area (Å²) in [7, 11) is -5.31. The van der Waals surface area contributed by atoms with E-state index in [0.29, 0.717) is 0 Å². The van der Waals surface area contributed by atoms with E-state index in [1.165, 1.54) is 0 Å². The third kappa shape index (κ3) is 2.72. The maximum absolute atomic E-state index is 11.3. The van der Waals surface area contributed by atoms with E-state index in [1.807, 2.05) is 5.32 Å². The molecule has 1 amide bonds. The molecule has 0 aromatic heterocycles. The van der Waals surface area contributed by atoms with Crippen LogP contribution < -0.4 is 5.32 Å². The van der Waals surface area contributed by atoms with Crippen LogP contribution >= 0.6 is 0 Å². The van der Waals surface area contributed by atoms with E-state index >= 15 is 0 Å². The van der Waals surface area contributed by atoms with E-state index in [1.54, 1.807) is 0 Å². The predicted octanol–water partition coefficient (Wildman–Crippen LogP) is -3.86. The smallest absolute Gasteiger partial charge is 0.300 e. The van der Waals surface area contributed by atoms with Crippen molar-refractivity contribution in [2.75, 3.05) is 6.61 Å². The summed E-state index contributed by atoms with van der Waals surface area (Å²) in [6, 6.07) is -2.03. The first kappa shape index (κ1) is 16.2. The van der Waals surface area contributed by atoms with Crippen molar-refractivity contribution in [3.8, 4) is 0 Å². The Kier molecular flexibility index (Phi) is 4.51. The van der Waals surface area contributed by atoms with Gasteiger partial charge >= 0.3 is 0 Å². The Morgan fingerprint density at radius 3 is 2.32 bits per heavy atom. The fraction of sp³-hybridized carbons (Fsp3) is 0.875. The zero-order valence-electron chi connectivity index (χ0n) is 9.79. The average molecular weight is 301 g/mol. The maximum Gasteiger partial charge on any atom is 0.300 e. The summed E-state index contributed by atoms with van der Waals surface area (Å²) in [6.07, 6.45) is -6.00. The van der Waals surface area contributed by atoms with E-state index in [9.17, 15) is 28.5 Å². The number of ether oxygens (including phenoxy) is 1. The lowest BCUT2D eigenvalue weighted by Crippen LogP contribution is -2.74.